The van der Waals surface area contributed by atoms with Crippen LogP contribution in [0.5, 0.6) is 0 Å². The minimum atomic E-state index is -0.0835. The molecule has 8 atom stereocenters. The lowest BCUT2D eigenvalue weighted by atomic mass is 9.47. The number of aliphatic hydroxyl groups is 1. The maximum Gasteiger partial charge on any atom is 0.223 e. The van der Waals surface area contributed by atoms with Crippen molar-refractivity contribution in [1.29, 1.82) is 0 Å². The van der Waals surface area contributed by atoms with Crippen molar-refractivity contribution in [2.75, 3.05) is 6.54 Å². The Bertz CT molecular complexity index is 657. The van der Waals surface area contributed by atoms with Gasteiger partial charge >= 0.3 is 0 Å². The molecule has 2 N–H and O–H groups in total. The van der Waals surface area contributed by atoms with E-state index in [0.29, 0.717) is 29.1 Å². The van der Waals surface area contributed by atoms with Crippen LogP contribution < -0.4 is 5.32 Å². The van der Waals surface area contributed by atoms with Gasteiger partial charge in [0.1, 0.15) is 0 Å². The fourth-order valence-corrected chi connectivity index (χ4v) is 8.08. The van der Waals surface area contributed by atoms with E-state index in [-0.39, 0.29) is 23.3 Å². The number of rotatable bonds is 5. The summed E-state index contributed by atoms with van der Waals surface area (Å²) in [4.78, 5) is 12.8. The molecule has 3 nitrogen and oxygen atoms in total. The number of carbonyl (C=O) groups excluding carboxylic acids is 1. The van der Waals surface area contributed by atoms with Crippen LogP contribution in [0.2, 0.25) is 0 Å². The lowest BCUT2D eigenvalue weighted by Crippen LogP contribution is -2.50. The fraction of sp³-hybridized carbons (Fsp3) is 0.885. The topological polar surface area (TPSA) is 49.3 Å². The highest BCUT2D eigenvalue weighted by molar-refractivity contribution is 5.78. The molecule has 0 unspecified atom stereocenters. The van der Waals surface area contributed by atoms with Gasteiger partial charge in [0.25, 0.3) is 0 Å². The summed E-state index contributed by atoms with van der Waals surface area (Å²) >= 11 is 0. The first-order valence-corrected chi connectivity index (χ1v) is 12.5. The predicted molar refractivity (Wildman–Crippen MR) is 118 cm³/mol. The second kappa shape index (κ2) is 8.02. The van der Waals surface area contributed by atoms with Crippen molar-refractivity contribution in [3.63, 3.8) is 0 Å². The summed E-state index contributed by atoms with van der Waals surface area (Å²) in [5.74, 6) is 2.94. The number of carbonyl (C=O) groups is 1. The zero-order valence-corrected chi connectivity index (χ0v) is 19.2. The maximum atomic E-state index is 12.8. The van der Waals surface area contributed by atoms with Gasteiger partial charge in [-0.05, 0) is 92.3 Å². The number of fused-ring (bicyclic) bond motifs is 5. The molecule has 3 heteroatoms. The van der Waals surface area contributed by atoms with Crippen LogP contribution in [0.4, 0.5) is 0 Å². The minimum absolute atomic E-state index is 0.0835. The number of aliphatic hydroxyl groups excluding tert-OH is 1. The van der Waals surface area contributed by atoms with E-state index in [0.717, 1.165) is 38.6 Å². The van der Waals surface area contributed by atoms with Crippen LogP contribution in [-0.4, -0.2) is 23.7 Å². The highest BCUT2D eigenvalue weighted by Crippen LogP contribution is 2.66. The van der Waals surface area contributed by atoms with Crippen molar-refractivity contribution >= 4 is 5.91 Å². The molecule has 0 bridgehead atoms. The molecule has 4 rings (SSSR count). The van der Waals surface area contributed by atoms with Crippen molar-refractivity contribution in [2.24, 2.45) is 40.4 Å². The van der Waals surface area contributed by atoms with Crippen LogP contribution in [-0.2, 0) is 4.79 Å². The molecule has 0 aromatic heterocycles. The molecule has 1 amide bonds. The molecule has 29 heavy (non-hydrogen) atoms. The second-order valence-corrected chi connectivity index (χ2v) is 11.3. The third kappa shape index (κ3) is 3.50. The Labute approximate surface area is 178 Å². The van der Waals surface area contributed by atoms with Gasteiger partial charge in [-0.15, -0.1) is 0 Å². The van der Waals surface area contributed by atoms with E-state index in [1.54, 1.807) is 5.57 Å². The summed E-state index contributed by atoms with van der Waals surface area (Å²) in [5.41, 5.74) is 2.41. The quantitative estimate of drug-likeness (QED) is 0.473. The average molecular weight is 402 g/mol. The minimum Gasteiger partial charge on any atom is -0.393 e. The molecule has 4 aliphatic rings. The van der Waals surface area contributed by atoms with Gasteiger partial charge in [0.15, 0.2) is 0 Å². The van der Waals surface area contributed by atoms with Crippen LogP contribution in [0.3, 0.4) is 0 Å². The first-order valence-electron chi connectivity index (χ1n) is 12.5. The molecule has 0 saturated heterocycles. The van der Waals surface area contributed by atoms with E-state index in [1.807, 2.05) is 0 Å². The third-order valence-electron chi connectivity index (χ3n) is 9.97. The largest absolute Gasteiger partial charge is 0.393 e. The molecule has 4 aliphatic carbocycles. The Morgan fingerprint density at radius 2 is 1.90 bits per heavy atom. The second-order valence-electron chi connectivity index (χ2n) is 11.3. The predicted octanol–water partition coefficient (Wildman–Crippen LogP) is 5.48. The lowest BCUT2D eigenvalue weighted by molar-refractivity contribution is -0.128. The van der Waals surface area contributed by atoms with Crippen LogP contribution in [0.1, 0.15) is 91.9 Å². The van der Waals surface area contributed by atoms with Gasteiger partial charge in [-0.3, -0.25) is 4.79 Å². The molecule has 0 aromatic rings. The summed E-state index contributed by atoms with van der Waals surface area (Å²) in [6.07, 6.45) is 14.0. The highest BCUT2D eigenvalue weighted by Gasteiger charge is 2.58. The molecule has 0 aromatic carbocycles. The molecule has 0 aliphatic heterocycles. The van der Waals surface area contributed by atoms with E-state index < -0.39 is 0 Å². The Kier molecular flexibility index (Phi) is 5.92. The van der Waals surface area contributed by atoms with E-state index in [4.69, 9.17) is 0 Å². The van der Waals surface area contributed by atoms with Crippen LogP contribution in [0, 0.1) is 40.4 Å². The van der Waals surface area contributed by atoms with Crippen LogP contribution in [0.25, 0.3) is 0 Å². The first-order chi connectivity index (χ1) is 13.8. The van der Waals surface area contributed by atoms with E-state index >= 15 is 0 Å². The summed E-state index contributed by atoms with van der Waals surface area (Å²) < 4.78 is 0. The van der Waals surface area contributed by atoms with Crippen molar-refractivity contribution in [2.45, 2.75) is 98.0 Å². The van der Waals surface area contributed by atoms with E-state index in [2.05, 4.69) is 39.1 Å². The number of amides is 1. The number of hydrogen-bond acceptors (Lipinski definition) is 2. The van der Waals surface area contributed by atoms with Crippen molar-refractivity contribution < 1.29 is 9.90 Å². The molecule has 3 fully saturated rings. The monoisotopic (exact) mass is 401 g/mol. The molecule has 0 heterocycles. The SMILES string of the molecule is CCCCNC(=O)[C@@H](C)[C@H]1CC[C@H]2C3=CC[C@H]4C[C@@H](O)CC[C@]4(C)[C@H]3CC[C@]12C. The van der Waals surface area contributed by atoms with E-state index in [1.165, 1.54) is 32.1 Å². The van der Waals surface area contributed by atoms with Gasteiger partial charge in [-0.25, -0.2) is 0 Å². The molecule has 0 radical (unpaired) electrons. The Morgan fingerprint density at radius 3 is 2.66 bits per heavy atom. The zero-order valence-electron chi connectivity index (χ0n) is 19.2. The number of hydrogen-bond donors (Lipinski definition) is 2. The summed E-state index contributed by atoms with van der Waals surface area (Å²) in [6.45, 7) is 10.2. The molecular formula is C26H43NO2. The zero-order chi connectivity index (χ0) is 20.8. The summed E-state index contributed by atoms with van der Waals surface area (Å²) in [5, 5.41) is 13.4. The molecule has 0 spiro atoms. The van der Waals surface area contributed by atoms with Crippen molar-refractivity contribution in [3.05, 3.63) is 11.6 Å². The smallest absolute Gasteiger partial charge is 0.223 e. The third-order valence-corrected chi connectivity index (χ3v) is 9.97. The van der Waals surface area contributed by atoms with Gasteiger partial charge in [-0.1, -0.05) is 45.8 Å². The summed E-state index contributed by atoms with van der Waals surface area (Å²) in [6, 6.07) is 0. The fourth-order valence-electron chi connectivity index (χ4n) is 8.08. The average Bonchev–Trinajstić information content (AvgIpc) is 3.05. The first kappa shape index (κ1) is 21.4. The Hall–Kier alpha value is -0.830. The van der Waals surface area contributed by atoms with Gasteiger partial charge in [-0.2, -0.15) is 0 Å². The number of unbranched alkanes of at least 4 members (excludes halogenated alkanes) is 1. The summed E-state index contributed by atoms with van der Waals surface area (Å²) in [7, 11) is 0. The maximum absolute atomic E-state index is 12.8. The van der Waals surface area contributed by atoms with E-state index in [9.17, 15) is 9.90 Å². The Morgan fingerprint density at radius 1 is 1.17 bits per heavy atom. The highest BCUT2D eigenvalue weighted by atomic mass is 16.3. The van der Waals surface area contributed by atoms with Gasteiger partial charge in [0.05, 0.1) is 6.10 Å². The molecular weight excluding hydrogens is 358 g/mol. The van der Waals surface area contributed by atoms with Gasteiger partial charge < -0.3 is 10.4 Å². The molecule has 164 valence electrons. The van der Waals surface area contributed by atoms with Crippen LogP contribution in [0.15, 0.2) is 11.6 Å². The Balaban J connectivity index is 1.52. The lowest BCUT2D eigenvalue weighted by Gasteiger charge is -2.57. The van der Waals surface area contributed by atoms with Gasteiger partial charge in [0, 0.05) is 12.5 Å². The number of nitrogens with one attached hydrogen (secondary N) is 1. The van der Waals surface area contributed by atoms with Crippen molar-refractivity contribution in [3.8, 4) is 0 Å². The normalized spacial score (nSPS) is 44.9. The molecule has 3 saturated carbocycles. The number of allylic oxidation sites excluding steroid dienone is 2. The standard InChI is InChI=1S/C26H43NO2/c1-5-6-15-27-24(29)17(2)21-9-10-22-20-8-7-18-16-19(28)11-13-25(18,3)23(20)12-14-26(21,22)4/h8,17-19,21-23,28H,5-7,9-16H2,1-4H3,(H,27,29)/t17-,18-,19-,21+,22-,23-,25-,26+/m0/s1. The van der Waals surface area contributed by atoms with Crippen LogP contribution >= 0.6 is 0 Å². The van der Waals surface area contributed by atoms with Crippen molar-refractivity contribution in [1.82, 2.24) is 5.32 Å². The van der Waals surface area contributed by atoms with Gasteiger partial charge in [0.2, 0.25) is 5.91 Å².